The molecule has 32 heavy (non-hydrogen) atoms. The summed E-state index contributed by atoms with van der Waals surface area (Å²) in [5.74, 6) is -1.99. The lowest BCUT2D eigenvalue weighted by atomic mass is 10.1. The fourth-order valence-corrected chi connectivity index (χ4v) is 3.53. The van der Waals surface area contributed by atoms with Crippen LogP contribution in [0.1, 0.15) is 23.7 Å². The summed E-state index contributed by atoms with van der Waals surface area (Å²) in [5.41, 5.74) is 0.229. The molecule has 0 aliphatic heterocycles. The summed E-state index contributed by atoms with van der Waals surface area (Å²) in [4.78, 5) is 42.1. The SMILES string of the molecule is CC(=O)OCCCS(=O)(=O)Nc1ccc(-c2ccc(C(=O)O)c(=O)[nH]2)cc1.c1c[nH]cn1. The highest BCUT2D eigenvalue weighted by Gasteiger charge is 2.12. The molecule has 3 aromatic rings. The highest BCUT2D eigenvalue weighted by atomic mass is 32.2. The van der Waals surface area contributed by atoms with Crippen LogP contribution in [0.5, 0.6) is 0 Å². The number of hydrogen-bond acceptors (Lipinski definition) is 7. The second-order valence-electron chi connectivity index (χ2n) is 6.37. The maximum absolute atomic E-state index is 12.0. The molecule has 0 spiro atoms. The number of nitrogens with zero attached hydrogens (tertiary/aromatic N) is 1. The van der Waals surface area contributed by atoms with Gasteiger partial charge in [0.2, 0.25) is 10.0 Å². The number of pyridine rings is 1. The third-order valence-corrected chi connectivity index (χ3v) is 5.25. The Morgan fingerprint density at radius 3 is 2.38 bits per heavy atom. The summed E-state index contributed by atoms with van der Waals surface area (Å²) in [5, 5.41) is 8.87. The van der Waals surface area contributed by atoms with Crippen LogP contribution in [0.15, 0.2) is 59.9 Å². The van der Waals surface area contributed by atoms with E-state index in [-0.39, 0.29) is 24.3 Å². The van der Waals surface area contributed by atoms with Crippen molar-refractivity contribution in [3.05, 3.63) is 71.0 Å². The molecule has 3 rings (SSSR count). The third-order valence-electron chi connectivity index (χ3n) is 3.88. The molecule has 2 heterocycles. The van der Waals surface area contributed by atoms with Gasteiger partial charge in [-0.3, -0.25) is 14.3 Å². The van der Waals surface area contributed by atoms with Gasteiger partial charge in [0.15, 0.2) is 0 Å². The first-order chi connectivity index (χ1) is 15.2. The first-order valence-electron chi connectivity index (χ1n) is 9.31. The van der Waals surface area contributed by atoms with E-state index in [4.69, 9.17) is 5.11 Å². The number of carbonyl (C=O) groups is 2. The molecule has 2 aromatic heterocycles. The molecule has 1 aromatic carbocycles. The van der Waals surface area contributed by atoms with E-state index in [0.29, 0.717) is 16.9 Å². The molecule has 0 saturated heterocycles. The van der Waals surface area contributed by atoms with Gasteiger partial charge in [0.1, 0.15) is 5.56 Å². The Kier molecular flexibility index (Phi) is 8.72. The van der Waals surface area contributed by atoms with Gasteiger partial charge in [0.05, 0.1) is 18.7 Å². The van der Waals surface area contributed by atoms with E-state index in [1.54, 1.807) is 30.9 Å². The zero-order valence-electron chi connectivity index (χ0n) is 17.1. The molecule has 11 nitrogen and oxygen atoms in total. The topological polar surface area (TPSA) is 171 Å². The molecule has 12 heteroatoms. The summed E-state index contributed by atoms with van der Waals surface area (Å²) >= 11 is 0. The van der Waals surface area contributed by atoms with Crippen molar-refractivity contribution >= 4 is 27.6 Å². The second kappa shape index (κ2) is 11.5. The van der Waals surface area contributed by atoms with E-state index < -0.39 is 27.5 Å². The van der Waals surface area contributed by atoms with Gasteiger partial charge in [-0.25, -0.2) is 18.2 Å². The van der Waals surface area contributed by atoms with Gasteiger partial charge in [0.25, 0.3) is 5.56 Å². The van der Waals surface area contributed by atoms with E-state index in [1.165, 1.54) is 31.2 Å². The quantitative estimate of drug-likeness (QED) is 0.290. The van der Waals surface area contributed by atoms with E-state index in [0.717, 1.165) is 0 Å². The largest absolute Gasteiger partial charge is 0.477 e. The number of esters is 1. The Morgan fingerprint density at radius 1 is 1.16 bits per heavy atom. The van der Waals surface area contributed by atoms with Crippen LogP contribution < -0.4 is 10.3 Å². The van der Waals surface area contributed by atoms with Gasteiger partial charge in [-0.2, -0.15) is 0 Å². The molecule has 0 saturated carbocycles. The number of H-pyrrole nitrogens is 2. The predicted molar refractivity (Wildman–Crippen MR) is 117 cm³/mol. The van der Waals surface area contributed by atoms with Crippen LogP contribution in [0.4, 0.5) is 5.69 Å². The zero-order chi connectivity index (χ0) is 23.6. The molecule has 0 aliphatic rings. The van der Waals surface area contributed by atoms with Gasteiger partial charge in [-0.15, -0.1) is 0 Å². The van der Waals surface area contributed by atoms with Crippen molar-refractivity contribution in [3.8, 4) is 11.3 Å². The lowest BCUT2D eigenvalue weighted by molar-refractivity contribution is -0.140. The van der Waals surface area contributed by atoms with Gasteiger partial charge in [-0.1, -0.05) is 12.1 Å². The smallest absolute Gasteiger partial charge is 0.341 e. The number of sulfonamides is 1. The Balaban J connectivity index is 0.000000636. The summed E-state index contributed by atoms with van der Waals surface area (Å²) in [6.45, 7) is 1.27. The molecule has 0 radical (unpaired) electrons. The molecular weight excluding hydrogens is 440 g/mol. The highest BCUT2D eigenvalue weighted by Crippen LogP contribution is 2.19. The van der Waals surface area contributed by atoms with E-state index in [9.17, 15) is 22.8 Å². The van der Waals surface area contributed by atoms with Crippen LogP contribution >= 0.6 is 0 Å². The molecule has 170 valence electrons. The van der Waals surface area contributed by atoms with Crippen LogP contribution in [-0.4, -0.2) is 52.8 Å². The van der Waals surface area contributed by atoms with E-state index in [2.05, 4.69) is 24.4 Å². The molecule has 0 aliphatic carbocycles. The van der Waals surface area contributed by atoms with Crippen LogP contribution in [-0.2, 0) is 19.6 Å². The number of anilines is 1. The van der Waals surface area contributed by atoms with Crippen molar-refractivity contribution in [1.82, 2.24) is 15.0 Å². The van der Waals surface area contributed by atoms with Crippen molar-refractivity contribution in [2.75, 3.05) is 17.1 Å². The number of ether oxygens (including phenoxy) is 1. The van der Waals surface area contributed by atoms with Gasteiger partial charge >= 0.3 is 11.9 Å². The van der Waals surface area contributed by atoms with E-state index >= 15 is 0 Å². The van der Waals surface area contributed by atoms with Gasteiger partial charge in [-0.05, 0) is 36.2 Å². The monoisotopic (exact) mass is 462 g/mol. The van der Waals surface area contributed by atoms with Gasteiger partial charge in [0, 0.05) is 30.7 Å². The number of carbonyl (C=O) groups excluding carboxylic acids is 1. The third kappa shape index (κ3) is 8.07. The van der Waals surface area contributed by atoms with E-state index in [1.807, 2.05) is 0 Å². The summed E-state index contributed by atoms with van der Waals surface area (Å²) in [6.07, 6.45) is 5.25. The Bertz CT molecular complexity index is 1170. The Morgan fingerprint density at radius 2 is 1.88 bits per heavy atom. The molecule has 0 bridgehead atoms. The molecule has 0 atom stereocenters. The average Bonchev–Trinajstić information content (AvgIpc) is 3.31. The Labute approximate surface area is 183 Å². The van der Waals surface area contributed by atoms with Crippen LogP contribution in [0.3, 0.4) is 0 Å². The Hall–Kier alpha value is -3.93. The number of benzene rings is 1. The number of hydrogen-bond donors (Lipinski definition) is 4. The van der Waals surface area contributed by atoms with Crippen molar-refractivity contribution in [1.29, 1.82) is 0 Å². The number of aromatic nitrogens is 3. The standard InChI is InChI=1S/C17H18N2O7S.C3H4N2/c1-11(20)26-9-2-10-27(24,25)19-13-5-3-12(4-6-13)15-8-7-14(17(22)23)16(21)18-15;1-2-5-3-4-1/h3-8,19H,2,9-10H2,1H3,(H,18,21)(H,22,23);1-3H,(H,4,5). The number of carboxylic acid groups (broad SMARTS) is 1. The molecule has 0 fully saturated rings. The van der Waals surface area contributed by atoms with Crippen molar-refractivity contribution < 1.29 is 27.9 Å². The lowest BCUT2D eigenvalue weighted by Gasteiger charge is -2.09. The summed E-state index contributed by atoms with van der Waals surface area (Å²) in [6, 6.07) is 8.87. The van der Waals surface area contributed by atoms with Crippen LogP contribution in [0.2, 0.25) is 0 Å². The van der Waals surface area contributed by atoms with Crippen molar-refractivity contribution in [3.63, 3.8) is 0 Å². The lowest BCUT2D eigenvalue weighted by Crippen LogP contribution is -2.18. The zero-order valence-corrected chi connectivity index (χ0v) is 17.9. The number of aromatic amines is 2. The number of imidazole rings is 1. The predicted octanol–water partition coefficient (Wildman–Crippen LogP) is 1.84. The minimum absolute atomic E-state index is 0.0227. The first-order valence-corrected chi connectivity index (χ1v) is 11.0. The number of nitrogens with one attached hydrogen (secondary N) is 3. The van der Waals surface area contributed by atoms with Crippen LogP contribution in [0.25, 0.3) is 11.3 Å². The average molecular weight is 462 g/mol. The minimum Gasteiger partial charge on any atom is -0.477 e. The maximum Gasteiger partial charge on any atom is 0.341 e. The minimum atomic E-state index is -3.60. The summed E-state index contributed by atoms with van der Waals surface area (Å²) < 4.78 is 31.1. The summed E-state index contributed by atoms with van der Waals surface area (Å²) in [7, 11) is -3.60. The number of rotatable bonds is 8. The maximum atomic E-state index is 12.0. The molecule has 0 amide bonds. The highest BCUT2D eigenvalue weighted by molar-refractivity contribution is 7.92. The van der Waals surface area contributed by atoms with Gasteiger partial charge < -0.3 is 19.8 Å². The fraction of sp³-hybridized carbons (Fsp3) is 0.200. The molecule has 4 N–H and O–H groups in total. The fourth-order valence-electron chi connectivity index (χ4n) is 2.44. The van der Waals surface area contributed by atoms with Crippen molar-refractivity contribution in [2.45, 2.75) is 13.3 Å². The molecule has 0 unspecified atom stereocenters. The second-order valence-corrected chi connectivity index (χ2v) is 8.21. The number of aromatic carboxylic acids is 1. The number of carboxylic acids is 1. The molecular formula is C20H22N4O7S. The normalized spacial score (nSPS) is 10.5. The van der Waals surface area contributed by atoms with Crippen molar-refractivity contribution in [2.24, 2.45) is 0 Å². The van der Waals surface area contributed by atoms with Crippen LogP contribution in [0, 0.1) is 0 Å². The first kappa shape index (κ1) is 24.3.